The molecule has 0 spiro atoms. The number of rotatable bonds is 2. The Balaban J connectivity index is 2.80. The van der Waals surface area contributed by atoms with Crippen LogP contribution in [0.15, 0.2) is 18.2 Å². The molecule has 0 unspecified atom stereocenters. The molecule has 4 heteroatoms. The van der Waals surface area contributed by atoms with Crippen LogP contribution >= 0.6 is 0 Å². The third-order valence-electron chi connectivity index (χ3n) is 2.14. The van der Waals surface area contributed by atoms with Gasteiger partial charge in [0.05, 0.1) is 5.52 Å². The zero-order valence-corrected chi connectivity index (χ0v) is 8.14. The highest BCUT2D eigenvalue weighted by Gasteiger charge is 2.10. The first-order valence-corrected chi connectivity index (χ1v) is 4.53. The summed E-state index contributed by atoms with van der Waals surface area (Å²) < 4.78 is 1.76. The summed E-state index contributed by atoms with van der Waals surface area (Å²) >= 11 is 0. The van der Waals surface area contributed by atoms with Crippen LogP contribution < -0.4 is 0 Å². The molecule has 0 saturated heterocycles. The van der Waals surface area contributed by atoms with E-state index in [0.29, 0.717) is 5.56 Å². The first-order chi connectivity index (χ1) is 6.74. The van der Waals surface area contributed by atoms with E-state index in [9.17, 15) is 4.79 Å². The molecule has 4 nitrogen and oxygen atoms in total. The number of hydrogen-bond donors (Lipinski definition) is 0. The summed E-state index contributed by atoms with van der Waals surface area (Å²) in [6, 6.07) is 5.65. The van der Waals surface area contributed by atoms with Gasteiger partial charge in [-0.2, -0.15) is 0 Å². The third kappa shape index (κ3) is 1.19. The zero-order chi connectivity index (χ0) is 10.1. The molecular formula is C10H11N3O. The van der Waals surface area contributed by atoms with E-state index in [2.05, 4.69) is 10.3 Å². The Morgan fingerprint density at radius 1 is 1.43 bits per heavy atom. The Hall–Kier alpha value is -1.71. The number of hydrogen-bond acceptors (Lipinski definition) is 3. The molecule has 14 heavy (non-hydrogen) atoms. The maximum atomic E-state index is 10.8. The molecule has 0 aliphatic carbocycles. The van der Waals surface area contributed by atoms with E-state index in [4.69, 9.17) is 0 Å². The summed E-state index contributed by atoms with van der Waals surface area (Å²) in [5.41, 5.74) is 2.22. The lowest BCUT2D eigenvalue weighted by Crippen LogP contribution is -2.04. The van der Waals surface area contributed by atoms with Crippen LogP contribution in [-0.2, 0) is 0 Å². The number of carbonyl (C=O) groups excluding carboxylic acids is 1. The van der Waals surface area contributed by atoms with Crippen molar-refractivity contribution in [3.63, 3.8) is 0 Å². The Bertz CT molecular complexity index is 473. The monoisotopic (exact) mass is 189 g/mol. The Kier molecular flexibility index (Phi) is 2.04. The van der Waals surface area contributed by atoms with Crippen LogP contribution in [0.2, 0.25) is 0 Å². The summed E-state index contributed by atoms with van der Waals surface area (Å²) in [4.78, 5) is 10.8. The first kappa shape index (κ1) is 8.87. The molecular weight excluding hydrogens is 178 g/mol. The molecule has 2 rings (SSSR count). The van der Waals surface area contributed by atoms with Crippen molar-refractivity contribution in [1.82, 2.24) is 15.0 Å². The van der Waals surface area contributed by atoms with E-state index >= 15 is 0 Å². The standard InChI is InChI=1S/C10H11N3O/c1-7(2)13-10-8(6-14)4-3-5-9(10)11-12-13/h3-7H,1-2H3. The van der Waals surface area contributed by atoms with E-state index in [1.807, 2.05) is 26.0 Å². The zero-order valence-electron chi connectivity index (χ0n) is 8.14. The molecule has 1 aromatic carbocycles. The van der Waals surface area contributed by atoms with Crippen molar-refractivity contribution in [2.75, 3.05) is 0 Å². The van der Waals surface area contributed by atoms with Gasteiger partial charge in [-0.25, -0.2) is 4.68 Å². The average molecular weight is 189 g/mol. The maximum Gasteiger partial charge on any atom is 0.152 e. The van der Waals surface area contributed by atoms with Gasteiger partial charge >= 0.3 is 0 Å². The number of para-hydroxylation sites is 1. The quantitative estimate of drug-likeness (QED) is 0.677. The third-order valence-corrected chi connectivity index (χ3v) is 2.14. The molecule has 0 atom stereocenters. The van der Waals surface area contributed by atoms with Gasteiger partial charge in [0.25, 0.3) is 0 Å². The maximum absolute atomic E-state index is 10.8. The van der Waals surface area contributed by atoms with Crippen LogP contribution in [0.1, 0.15) is 30.2 Å². The van der Waals surface area contributed by atoms with Gasteiger partial charge in [0.1, 0.15) is 5.52 Å². The molecule has 0 N–H and O–H groups in total. The minimum atomic E-state index is 0.209. The Morgan fingerprint density at radius 2 is 2.21 bits per heavy atom. The Labute approximate surface area is 81.5 Å². The van der Waals surface area contributed by atoms with E-state index in [1.54, 1.807) is 10.7 Å². The van der Waals surface area contributed by atoms with Crippen LogP contribution in [-0.4, -0.2) is 21.3 Å². The number of aldehydes is 1. The lowest BCUT2D eigenvalue weighted by Gasteiger charge is -2.06. The molecule has 72 valence electrons. The van der Waals surface area contributed by atoms with Crippen LogP contribution in [0.5, 0.6) is 0 Å². The molecule has 0 saturated carbocycles. The summed E-state index contributed by atoms with van der Waals surface area (Å²) in [5, 5.41) is 8.01. The van der Waals surface area contributed by atoms with Gasteiger partial charge < -0.3 is 0 Å². The lowest BCUT2D eigenvalue weighted by molar-refractivity contribution is 0.112. The van der Waals surface area contributed by atoms with Gasteiger partial charge in [0.15, 0.2) is 6.29 Å². The van der Waals surface area contributed by atoms with E-state index < -0.39 is 0 Å². The van der Waals surface area contributed by atoms with E-state index in [-0.39, 0.29) is 6.04 Å². The van der Waals surface area contributed by atoms with Crippen LogP contribution in [0.4, 0.5) is 0 Å². The second kappa shape index (κ2) is 3.21. The fourth-order valence-corrected chi connectivity index (χ4v) is 1.48. The van der Waals surface area contributed by atoms with E-state index in [0.717, 1.165) is 17.3 Å². The van der Waals surface area contributed by atoms with Crippen molar-refractivity contribution in [3.05, 3.63) is 23.8 Å². The molecule has 1 aromatic heterocycles. The molecule has 0 bridgehead atoms. The van der Waals surface area contributed by atoms with Crippen molar-refractivity contribution in [3.8, 4) is 0 Å². The summed E-state index contributed by atoms with van der Waals surface area (Å²) in [7, 11) is 0. The van der Waals surface area contributed by atoms with Gasteiger partial charge in [-0.3, -0.25) is 4.79 Å². The number of nitrogens with zero attached hydrogens (tertiary/aromatic N) is 3. The SMILES string of the molecule is CC(C)n1nnc2cccc(C=O)c21. The summed E-state index contributed by atoms with van der Waals surface area (Å²) in [6.45, 7) is 4.02. The average Bonchev–Trinajstić information content (AvgIpc) is 2.60. The second-order valence-corrected chi connectivity index (χ2v) is 3.46. The molecule has 0 amide bonds. The second-order valence-electron chi connectivity index (χ2n) is 3.46. The fourth-order valence-electron chi connectivity index (χ4n) is 1.48. The summed E-state index contributed by atoms with van der Waals surface area (Å²) in [5.74, 6) is 0. The first-order valence-electron chi connectivity index (χ1n) is 4.53. The number of benzene rings is 1. The predicted molar refractivity (Wildman–Crippen MR) is 53.3 cm³/mol. The van der Waals surface area contributed by atoms with Gasteiger partial charge in [-0.05, 0) is 26.0 Å². The van der Waals surface area contributed by atoms with Crippen LogP contribution in [0.25, 0.3) is 11.0 Å². The van der Waals surface area contributed by atoms with Crippen LogP contribution in [0.3, 0.4) is 0 Å². The molecule has 0 fully saturated rings. The highest BCUT2D eigenvalue weighted by Crippen LogP contribution is 2.18. The van der Waals surface area contributed by atoms with Crippen molar-refractivity contribution in [2.45, 2.75) is 19.9 Å². The van der Waals surface area contributed by atoms with Crippen molar-refractivity contribution in [1.29, 1.82) is 0 Å². The highest BCUT2D eigenvalue weighted by molar-refractivity contribution is 5.94. The minimum Gasteiger partial charge on any atom is -0.298 e. The number of carbonyl (C=O) groups is 1. The molecule has 0 aliphatic heterocycles. The van der Waals surface area contributed by atoms with E-state index in [1.165, 1.54) is 0 Å². The van der Waals surface area contributed by atoms with Gasteiger partial charge in [0, 0.05) is 11.6 Å². The number of fused-ring (bicyclic) bond motifs is 1. The highest BCUT2D eigenvalue weighted by atomic mass is 16.1. The molecule has 2 aromatic rings. The number of aromatic nitrogens is 3. The summed E-state index contributed by atoms with van der Waals surface area (Å²) in [6.07, 6.45) is 0.838. The smallest absolute Gasteiger partial charge is 0.152 e. The van der Waals surface area contributed by atoms with Gasteiger partial charge in [-0.15, -0.1) is 5.10 Å². The Morgan fingerprint density at radius 3 is 2.86 bits per heavy atom. The topological polar surface area (TPSA) is 47.8 Å². The van der Waals surface area contributed by atoms with Crippen LogP contribution in [0, 0.1) is 0 Å². The molecule has 0 aliphatic rings. The molecule has 1 heterocycles. The van der Waals surface area contributed by atoms with Crippen molar-refractivity contribution >= 4 is 17.3 Å². The molecule has 0 radical (unpaired) electrons. The fraction of sp³-hybridized carbons (Fsp3) is 0.300. The van der Waals surface area contributed by atoms with Crippen molar-refractivity contribution in [2.24, 2.45) is 0 Å². The van der Waals surface area contributed by atoms with Gasteiger partial charge in [0.2, 0.25) is 0 Å². The predicted octanol–water partition coefficient (Wildman–Crippen LogP) is 1.82. The minimum absolute atomic E-state index is 0.209. The largest absolute Gasteiger partial charge is 0.298 e. The van der Waals surface area contributed by atoms with Gasteiger partial charge in [-0.1, -0.05) is 11.3 Å². The lowest BCUT2D eigenvalue weighted by atomic mass is 10.2. The van der Waals surface area contributed by atoms with Crippen molar-refractivity contribution < 1.29 is 4.79 Å². The normalized spacial score (nSPS) is 11.1.